The van der Waals surface area contributed by atoms with Gasteiger partial charge in [0, 0.05) is 35.5 Å². The summed E-state index contributed by atoms with van der Waals surface area (Å²) in [5, 5.41) is 4.42. The lowest BCUT2D eigenvalue weighted by Crippen LogP contribution is -2.43. The second-order valence-electron chi connectivity index (χ2n) is 9.98. The molecule has 4 aromatic rings. The summed E-state index contributed by atoms with van der Waals surface area (Å²) < 4.78 is 78.7. The molecule has 2 unspecified atom stereocenters. The van der Waals surface area contributed by atoms with Gasteiger partial charge in [-0.15, -0.1) is 0 Å². The molecule has 204 valence electrons. The van der Waals surface area contributed by atoms with E-state index in [1.165, 1.54) is 6.20 Å². The average Bonchev–Trinajstić information content (AvgIpc) is 3.61. The molecule has 0 spiro atoms. The summed E-state index contributed by atoms with van der Waals surface area (Å²) >= 11 is 0. The molecule has 39 heavy (non-hydrogen) atoms. The van der Waals surface area contributed by atoms with Gasteiger partial charge in [-0.05, 0) is 38.8 Å². The molecule has 3 aromatic heterocycles. The third-order valence-electron chi connectivity index (χ3n) is 6.98. The number of rotatable bonds is 4. The van der Waals surface area contributed by atoms with Crippen LogP contribution < -0.4 is 10.5 Å². The number of alkyl halides is 3. The Hall–Kier alpha value is -3.87. The Morgan fingerprint density at radius 2 is 1.85 bits per heavy atom. The predicted molar refractivity (Wildman–Crippen MR) is 130 cm³/mol. The maximum absolute atomic E-state index is 14.9. The number of anilines is 1. The molecule has 4 heterocycles. The highest BCUT2D eigenvalue weighted by Gasteiger charge is 2.37. The third kappa shape index (κ3) is 4.64. The highest BCUT2D eigenvalue weighted by atomic mass is 19.4. The molecule has 13 heteroatoms. The zero-order valence-corrected chi connectivity index (χ0v) is 20.9. The molecular weight excluding hydrogens is 523 g/mol. The van der Waals surface area contributed by atoms with Crippen LogP contribution >= 0.6 is 0 Å². The van der Waals surface area contributed by atoms with Crippen LogP contribution in [0.1, 0.15) is 48.7 Å². The predicted octanol–water partition coefficient (Wildman–Crippen LogP) is 4.86. The van der Waals surface area contributed by atoms with Crippen LogP contribution in [0.2, 0.25) is 0 Å². The van der Waals surface area contributed by atoms with Gasteiger partial charge in [0.15, 0.2) is 11.3 Å². The number of ether oxygens (including phenoxy) is 1. The number of aromatic nitrogens is 5. The quantitative estimate of drug-likeness (QED) is 0.341. The van der Waals surface area contributed by atoms with Gasteiger partial charge in [0.1, 0.15) is 29.3 Å². The Bertz CT molecular complexity index is 1640. The fourth-order valence-corrected chi connectivity index (χ4v) is 4.89. The Morgan fingerprint density at radius 3 is 2.54 bits per heavy atom. The molecule has 0 radical (unpaired) electrons. The van der Waals surface area contributed by atoms with Crippen LogP contribution in [-0.2, 0) is 10.9 Å². The van der Waals surface area contributed by atoms with E-state index in [9.17, 15) is 26.7 Å². The van der Waals surface area contributed by atoms with Crippen molar-refractivity contribution >= 4 is 11.5 Å². The molecule has 8 nitrogen and oxygen atoms in total. The SMILES string of the molecule is Cc1c(C(F)(F)F)nc2c(-c3ccc(F)cc3F)nc(N3CC(C)OC(c4cnn(C5CC5)c4)C3)cn2c1=O. The molecule has 0 N–H and O–H groups in total. The number of nitrogens with zero attached hydrogens (tertiary/aromatic N) is 6. The second-order valence-corrected chi connectivity index (χ2v) is 9.98. The number of hydrogen-bond donors (Lipinski definition) is 0. The summed E-state index contributed by atoms with van der Waals surface area (Å²) in [6.45, 7) is 3.54. The van der Waals surface area contributed by atoms with E-state index in [2.05, 4.69) is 15.1 Å². The van der Waals surface area contributed by atoms with E-state index < -0.39 is 46.4 Å². The fraction of sp³-hybridized carbons (Fsp3) is 0.385. The molecule has 2 fully saturated rings. The minimum atomic E-state index is -4.92. The van der Waals surface area contributed by atoms with E-state index in [1.807, 2.05) is 22.7 Å². The largest absolute Gasteiger partial charge is 0.433 e. The molecule has 1 aromatic carbocycles. The first-order valence-corrected chi connectivity index (χ1v) is 12.4. The minimum absolute atomic E-state index is 0.207. The zero-order chi connectivity index (χ0) is 27.6. The maximum atomic E-state index is 14.9. The van der Waals surface area contributed by atoms with Crippen molar-refractivity contribution in [3.8, 4) is 11.3 Å². The molecule has 2 aliphatic rings. The van der Waals surface area contributed by atoms with E-state index in [1.54, 1.807) is 6.20 Å². The van der Waals surface area contributed by atoms with Crippen molar-refractivity contribution in [3.05, 3.63) is 75.6 Å². The van der Waals surface area contributed by atoms with Crippen LogP contribution in [0, 0.1) is 18.6 Å². The first-order chi connectivity index (χ1) is 18.5. The fourth-order valence-electron chi connectivity index (χ4n) is 4.89. The first kappa shape index (κ1) is 25.4. The van der Waals surface area contributed by atoms with Gasteiger partial charge in [-0.2, -0.15) is 18.3 Å². The number of benzene rings is 1. The van der Waals surface area contributed by atoms with Gasteiger partial charge in [0.05, 0.1) is 31.1 Å². The van der Waals surface area contributed by atoms with E-state index in [0.29, 0.717) is 25.2 Å². The van der Waals surface area contributed by atoms with Crippen molar-refractivity contribution in [2.24, 2.45) is 0 Å². The van der Waals surface area contributed by atoms with Gasteiger partial charge in [0.25, 0.3) is 5.56 Å². The van der Waals surface area contributed by atoms with Crippen LogP contribution in [0.25, 0.3) is 16.9 Å². The van der Waals surface area contributed by atoms with Crippen molar-refractivity contribution in [3.63, 3.8) is 0 Å². The summed E-state index contributed by atoms with van der Waals surface area (Å²) in [6, 6.07) is 3.01. The summed E-state index contributed by atoms with van der Waals surface area (Å²) in [6.07, 6.45) is 1.51. The molecule has 1 aliphatic heterocycles. The number of hydrogen-bond acceptors (Lipinski definition) is 6. The topological polar surface area (TPSA) is 77.6 Å². The molecule has 1 aliphatic carbocycles. The first-order valence-electron chi connectivity index (χ1n) is 12.4. The lowest BCUT2D eigenvalue weighted by Gasteiger charge is -2.37. The van der Waals surface area contributed by atoms with Crippen molar-refractivity contribution in [2.45, 2.75) is 51.1 Å². The van der Waals surface area contributed by atoms with Crippen molar-refractivity contribution in [1.29, 1.82) is 0 Å². The molecule has 6 rings (SSSR count). The number of fused-ring (bicyclic) bond motifs is 1. The zero-order valence-electron chi connectivity index (χ0n) is 20.9. The summed E-state index contributed by atoms with van der Waals surface area (Å²) in [7, 11) is 0. The monoisotopic (exact) mass is 546 g/mol. The van der Waals surface area contributed by atoms with E-state index in [0.717, 1.165) is 41.9 Å². The minimum Gasteiger partial charge on any atom is -0.367 e. The third-order valence-corrected chi connectivity index (χ3v) is 6.98. The Kier molecular flexibility index (Phi) is 5.93. The van der Waals surface area contributed by atoms with Crippen LogP contribution in [0.3, 0.4) is 0 Å². The lowest BCUT2D eigenvalue weighted by molar-refractivity contribution is -0.141. The number of morpholine rings is 1. The Labute approximate surface area is 218 Å². The van der Waals surface area contributed by atoms with E-state index in [4.69, 9.17) is 4.74 Å². The molecule has 0 bridgehead atoms. The van der Waals surface area contributed by atoms with Crippen LogP contribution in [0.4, 0.5) is 27.8 Å². The van der Waals surface area contributed by atoms with Gasteiger partial charge in [-0.3, -0.25) is 13.9 Å². The van der Waals surface area contributed by atoms with E-state index in [-0.39, 0.29) is 23.2 Å². The van der Waals surface area contributed by atoms with Crippen LogP contribution in [0.15, 0.2) is 41.6 Å². The molecule has 0 amide bonds. The maximum Gasteiger partial charge on any atom is 0.433 e. The van der Waals surface area contributed by atoms with Crippen LogP contribution in [-0.4, -0.2) is 43.3 Å². The van der Waals surface area contributed by atoms with Crippen molar-refractivity contribution in [1.82, 2.24) is 24.1 Å². The van der Waals surface area contributed by atoms with Crippen molar-refractivity contribution in [2.75, 3.05) is 18.0 Å². The number of halogens is 5. The summed E-state index contributed by atoms with van der Waals surface area (Å²) in [5.74, 6) is -1.71. The molecule has 1 saturated carbocycles. The van der Waals surface area contributed by atoms with Gasteiger partial charge in [-0.25, -0.2) is 18.7 Å². The van der Waals surface area contributed by atoms with Gasteiger partial charge < -0.3 is 9.64 Å². The lowest BCUT2D eigenvalue weighted by atomic mass is 10.1. The smallest absolute Gasteiger partial charge is 0.367 e. The molecular formula is C26H23F5N6O2. The Morgan fingerprint density at radius 1 is 1.08 bits per heavy atom. The molecule has 1 saturated heterocycles. The van der Waals surface area contributed by atoms with Gasteiger partial charge in [0.2, 0.25) is 0 Å². The van der Waals surface area contributed by atoms with Gasteiger partial charge in [-0.1, -0.05) is 0 Å². The Balaban J connectivity index is 1.50. The summed E-state index contributed by atoms with van der Waals surface area (Å²) in [4.78, 5) is 23.2. The second kappa shape index (κ2) is 9.11. The standard InChI is InChI=1S/C26H23F5N6O2/c1-13-9-35(11-20(39-13)15-8-32-37(10-15)17-4-5-17)21-12-36-24(34-23(26(29,30)31)14(2)25(36)38)22(33-21)18-6-3-16(27)7-19(18)28/h3,6-8,10,12-13,17,20H,4-5,9,11H2,1-2H3. The van der Waals surface area contributed by atoms with Crippen LogP contribution in [0.5, 0.6) is 0 Å². The van der Waals surface area contributed by atoms with Crippen molar-refractivity contribution < 1.29 is 26.7 Å². The highest BCUT2D eigenvalue weighted by Crippen LogP contribution is 2.37. The van der Waals surface area contributed by atoms with E-state index >= 15 is 0 Å². The average molecular weight is 547 g/mol. The molecule has 2 atom stereocenters. The van der Waals surface area contributed by atoms with Gasteiger partial charge >= 0.3 is 6.18 Å². The highest BCUT2D eigenvalue weighted by molar-refractivity contribution is 5.76. The summed E-state index contributed by atoms with van der Waals surface area (Å²) in [5.41, 5.74) is -3.21. The normalized spacial score (nSPS) is 20.1.